The fourth-order valence-corrected chi connectivity index (χ4v) is 4.49. The third kappa shape index (κ3) is 5.23. The van der Waals surface area contributed by atoms with E-state index >= 15 is 0 Å². The molecule has 0 aromatic heterocycles. The first-order chi connectivity index (χ1) is 13.3. The van der Waals surface area contributed by atoms with E-state index in [1.54, 1.807) is 0 Å². The van der Waals surface area contributed by atoms with Crippen molar-refractivity contribution in [3.8, 4) is 5.75 Å². The predicted molar refractivity (Wildman–Crippen MR) is 107 cm³/mol. The second-order valence-corrected chi connectivity index (χ2v) is 8.25. The van der Waals surface area contributed by atoms with Crippen LogP contribution < -0.4 is 4.74 Å². The molecule has 0 radical (unpaired) electrons. The number of carbonyl (C=O) groups is 1. The number of ether oxygens (including phenoxy) is 1. The third-order valence-corrected chi connectivity index (χ3v) is 6.19. The molecule has 1 saturated heterocycles. The van der Waals surface area contributed by atoms with E-state index in [1.165, 1.54) is 38.5 Å². The van der Waals surface area contributed by atoms with Gasteiger partial charge in [-0.15, -0.1) is 0 Å². The number of para-hydroxylation sites is 1. The average Bonchev–Trinajstić information content (AvgIpc) is 3.37. The van der Waals surface area contributed by atoms with Gasteiger partial charge < -0.3 is 9.64 Å². The van der Waals surface area contributed by atoms with Gasteiger partial charge in [0, 0.05) is 44.8 Å². The summed E-state index contributed by atoms with van der Waals surface area (Å²) in [6, 6.07) is 11.1. The number of hydrogen-bond donors (Lipinski definition) is 0. The smallest absolute Gasteiger partial charge is 0.237 e. The van der Waals surface area contributed by atoms with Gasteiger partial charge in [0.1, 0.15) is 12.4 Å². The molecule has 1 amide bonds. The van der Waals surface area contributed by atoms with Gasteiger partial charge in [0.15, 0.2) is 0 Å². The molecule has 27 heavy (non-hydrogen) atoms. The monoisotopic (exact) mass is 371 g/mol. The van der Waals surface area contributed by atoms with E-state index in [9.17, 15) is 4.79 Å². The molecule has 0 spiro atoms. The summed E-state index contributed by atoms with van der Waals surface area (Å²) >= 11 is 0. The molecule has 5 nitrogen and oxygen atoms in total. The molecule has 2 saturated carbocycles. The molecule has 2 aliphatic carbocycles. The van der Waals surface area contributed by atoms with Crippen LogP contribution in [0, 0.1) is 0 Å². The van der Waals surface area contributed by atoms with E-state index in [4.69, 9.17) is 4.74 Å². The SMILES string of the molecule is O=C(CN1CCN(CCOc2ccccc2)CC1)N(C1CCCC1)C1CC1. The van der Waals surface area contributed by atoms with Crippen molar-refractivity contribution in [1.29, 1.82) is 0 Å². The van der Waals surface area contributed by atoms with Crippen molar-refractivity contribution in [2.75, 3.05) is 45.9 Å². The van der Waals surface area contributed by atoms with E-state index in [0.29, 0.717) is 24.5 Å². The fourth-order valence-electron chi connectivity index (χ4n) is 4.49. The van der Waals surface area contributed by atoms with Gasteiger partial charge in [-0.2, -0.15) is 0 Å². The van der Waals surface area contributed by atoms with Crippen LogP contribution in [0.4, 0.5) is 0 Å². The molecule has 0 N–H and O–H groups in total. The van der Waals surface area contributed by atoms with Crippen LogP contribution in [0.15, 0.2) is 30.3 Å². The molecule has 3 aliphatic rings. The second-order valence-electron chi connectivity index (χ2n) is 8.25. The Balaban J connectivity index is 1.17. The van der Waals surface area contributed by atoms with E-state index in [2.05, 4.69) is 14.7 Å². The fraction of sp³-hybridized carbons (Fsp3) is 0.682. The van der Waals surface area contributed by atoms with Gasteiger partial charge in [0.05, 0.1) is 6.54 Å². The molecule has 0 atom stereocenters. The van der Waals surface area contributed by atoms with Gasteiger partial charge >= 0.3 is 0 Å². The molecule has 5 heteroatoms. The van der Waals surface area contributed by atoms with Crippen LogP contribution in [0.2, 0.25) is 0 Å². The van der Waals surface area contributed by atoms with Gasteiger partial charge in [-0.25, -0.2) is 0 Å². The zero-order chi connectivity index (χ0) is 18.5. The molecule has 4 rings (SSSR count). The standard InChI is InChI=1S/C22H33N3O2/c26-22(25(20-10-11-20)19-6-4-5-7-19)18-24-14-12-23(13-15-24)16-17-27-21-8-2-1-3-9-21/h1-3,8-9,19-20H,4-7,10-18H2. The van der Waals surface area contributed by atoms with Crippen LogP contribution in [0.5, 0.6) is 5.75 Å². The Morgan fingerprint density at radius 3 is 2.22 bits per heavy atom. The summed E-state index contributed by atoms with van der Waals surface area (Å²) in [4.78, 5) is 20.0. The zero-order valence-electron chi connectivity index (χ0n) is 16.4. The van der Waals surface area contributed by atoms with Gasteiger partial charge in [-0.3, -0.25) is 14.6 Å². The van der Waals surface area contributed by atoms with Crippen LogP contribution >= 0.6 is 0 Å². The molecular formula is C22H33N3O2. The van der Waals surface area contributed by atoms with Crippen molar-refractivity contribution >= 4 is 5.91 Å². The van der Waals surface area contributed by atoms with E-state index in [0.717, 1.165) is 45.1 Å². The quantitative estimate of drug-likeness (QED) is 0.704. The lowest BCUT2D eigenvalue weighted by atomic mass is 10.2. The molecule has 1 heterocycles. The summed E-state index contributed by atoms with van der Waals surface area (Å²) in [6.45, 7) is 6.31. The lowest BCUT2D eigenvalue weighted by molar-refractivity contribution is -0.135. The van der Waals surface area contributed by atoms with Crippen molar-refractivity contribution in [1.82, 2.24) is 14.7 Å². The summed E-state index contributed by atoms with van der Waals surface area (Å²) in [6.07, 6.45) is 7.47. The first kappa shape index (κ1) is 18.8. The zero-order valence-corrected chi connectivity index (χ0v) is 16.4. The highest BCUT2D eigenvalue weighted by molar-refractivity contribution is 5.79. The highest BCUT2D eigenvalue weighted by Gasteiger charge is 2.38. The number of piperazine rings is 1. The first-order valence-corrected chi connectivity index (χ1v) is 10.7. The van der Waals surface area contributed by atoms with E-state index in [-0.39, 0.29) is 0 Å². The number of carbonyl (C=O) groups excluding carboxylic acids is 1. The second kappa shape index (κ2) is 9.07. The molecule has 1 aromatic carbocycles. The molecule has 0 unspecified atom stereocenters. The highest BCUT2D eigenvalue weighted by Crippen LogP contribution is 2.34. The maximum absolute atomic E-state index is 12.9. The highest BCUT2D eigenvalue weighted by atomic mass is 16.5. The Bertz CT molecular complexity index is 591. The normalized spacial score (nSPS) is 22.1. The maximum atomic E-state index is 12.9. The molecular weight excluding hydrogens is 338 g/mol. The average molecular weight is 372 g/mol. The Morgan fingerprint density at radius 1 is 0.926 bits per heavy atom. The van der Waals surface area contributed by atoms with Crippen LogP contribution in [-0.2, 0) is 4.79 Å². The topological polar surface area (TPSA) is 36.0 Å². The van der Waals surface area contributed by atoms with Crippen molar-refractivity contribution in [3.63, 3.8) is 0 Å². The largest absolute Gasteiger partial charge is 0.492 e. The number of nitrogens with zero attached hydrogens (tertiary/aromatic N) is 3. The maximum Gasteiger partial charge on any atom is 0.237 e. The van der Waals surface area contributed by atoms with Crippen LogP contribution in [0.3, 0.4) is 0 Å². The summed E-state index contributed by atoms with van der Waals surface area (Å²) in [5, 5.41) is 0. The first-order valence-electron chi connectivity index (χ1n) is 10.7. The van der Waals surface area contributed by atoms with E-state index < -0.39 is 0 Å². The molecule has 0 bridgehead atoms. The van der Waals surface area contributed by atoms with Crippen molar-refractivity contribution in [2.24, 2.45) is 0 Å². The van der Waals surface area contributed by atoms with E-state index in [1.807, 2.05) is 30.3 Å². The summed E-state index contributed by atoms with van der Waals surface area (Å²) in [5.74, 6) is 1.32. The Kier molecular flexibility index (Phi) is 6.30. The van der Waals surface area contributed by atoms with Gasteiger partial charge in [-0.05, 0) is 37.8 Å². The van der Waals surface area contributed by atoms with Gasteiger partial charge in [-0.1, -0.05) is 31.0 Å². The summed E-state index contributed by atoms with van der Waals surface area (Å²) < 4.78 is 5.81. The van der Waals surface area contributed by atoms with Crippen molar-refractivity contribution in [2.45, 2.75) is 50.6 Å². The Hall–Kier alpha value is -1.59. The molecule has 148 valence electrons. The van der Waals surface area contributed by atoms with Crippen LogP contribution in [0.1, 0.15) is 38.5 Å². The van der Waals surface area contributed by atoms with Crippen molar-refractivity contribution in [3.05, 3.63) is 30.3 Å². The third-order valence-electron chi connectivity index (χ3n) is 6.19. The van der Waals surface area contributed by atoms with Gasteiger partial charge in [0.2, 0.25) is 5.91 Å². The predicted octanol–water partition coefficient (Wildman–Crippen LogP) is 2.62. The minimum atomic E-state index is 0.380. The summed E-state index contributed by atoms with van der Waals surface area (Å²) in [5.41, 5.74) is 0. The van der Waals surface area contributed by atoms with Crippen molar-refractivity contribution < 1.29 is 9.53 Å². The lowest BCUT2D eigenvalue weighted by Crippen LogP contribution is -2.52. The number of hydrogen-bond acceptors (Lipinski definition) is 4. The molecule has 1 aliphatic heterocycles. The lowest BCUT2D eigenvalue weighted by Gasteiger charge is -2.36. The minimum Gasteiger partial charge on any atom is -0.492 e. The number of rotatable bonds is 8. The molecule has 3 fully saturated rings. The number of amides is 1. The molecule has 1 aromatic rings. The summed E-state index contributed by atoms with van der Waals surface area (Å²) in [7, 11) is 0. The number of benzene rings is 1. The van der Waals surface area contributed by atoms with Crippen LogP contribution in [0.25, 0.3) is 0 Å². The van der Waals surface area contributed by atoms with Crippen LogP contribution in [-0.4, -0.2) is 78.6 Å². The Labute approximate surface area is 163 Å². The Morgan fingerprint density at radius 2 is 1.56 bits per heavy atom. The van der Waals surface area contributed by atoms with Gasteiger partial charge in [0.25, 0.3) is 0 Å². The minimum absolute atomic E-state index is 0.380.